The molecule has 1 atom stereocenters. The van der Waals surface area contributed by atoms with Crippen molar-refractivity contribution in [2.24, 2.45) is 0 Å². The molecule has 1 aromatic heterocycles. The zero-order valence-electron chi connectivity index (χ0n) is 24.0. The molecule has 2 aliphatic rings. The molecule has 43 heavy (non-hydrogen) atoms. The molecule has 6 nitrogen and oxygen atoms in total. The molecule has 2 saturated heterocycles. The molecule has 0 bridgehead atoms. The molecule has 0 radical (unpaired) electrons. The van der Waals surface area contributed by atoms with Crippen LogP contribution in [0.2, 0.25) is 0 Å². The number of piperazine rings is 1. The maximum atomic E-state index is 13.7. The molecule has 3 heterocycles. The average molecular weight is 611 g/mol. The van der Waals surface area contributed by atoms with Gasteiger partial charge in [0.25, 0.3) is 5.91 Å². The van der Waals surface area contributed by atoms with Crippen LogP contribution in [0.25, 0.3) is 10.9 Å². The first kappa shape index (κ1) is 31.3. The van der Waals surface area contributed by atoms with Crippen molar-refractivity contribution >= 4 is 16.8 Å². The van der Waals surface area contributed by atoms with E-state index < -0.39 is 41.0 Å². The second-order valence-electron chi connectivity index (χ2n) is 11.4. The highest BCUT2D eigenvalue weighted by Gasteiger charge is 2.39. The van der Waals surface area contributed by atoms with E-state index in [0.29, 0.717) is 37.7 Å². The maximum Gasteiger partial charge on any atom is 0.416 e. The standard InChI is InChI=1S/C31H36F6N4O2/c1-43-26-7-11-39(12-8-26)9-4-10-40-13-14-41(25(20-40)17-22-19-38-28-6-3-2-5-27(22)28)29(42)21-15-23(30(32,33)34)18-24(16-21)31(35,36)37/h2-3,5-6,15-16,18-19,25-26,38H,4,7-14,17,20H2,1H3/t25-/m1/s1. The molecular weight excluding hydrogens is 574 g/mol. The Morgan fingerprint density at radius 3 is 2.21 bits per heavy atom. The Morgan fingerprint density at radius 1 is 0.907 bits per heavy atom. The number of hydrogen-bond donors (Lipinski definition) is 1. The highest BCUT2D eigenvalue weighted by Crippen LogP contribution is 2.37. The Kier molecular flexibility index (Phi) is 9.38. The maximum absolute atomic E-state index is 13.7. The van der Waals surface area contributed by atoms with Gasteiger partial charge in [-0.1, -0.05) is 18.2 Å². The molecule has 0 spiro atoms. The lowest BCUT2D eigenvalue weighted by Gasteiger charge is -2.42. The number of nitrogens with one attached hydrogen (secondary N) is 1. The van der Waals surface area contributed by atoms with Crippen molar-refractivity contribution < 1.29 is 35.9 Å². The molecule has 0 saturated carbocycles. The summed E-state index contributed by atoms with van der Waals surface area (Å²) in [6.07, 6.45) is -4.60. The first-order valence-electron chi connectivity index (χ1n) is 14.6. The van der Waals surface area contributed by atoms with E-state index in [0.717, 1.165) is 61.9 Å². The lowest BCUT2D eigenvalue weighted by molar-refractivity contribution is -0.143. The molecular formula is C31H36F6N4O2. The number of halogens is 6. The lowest BCUT2D eigenvalue weighted by atomic mass is 9.98. The number of aromatic amines is 1. The molecule has 12 heteroatoms. The van der Waals surface area contributed by atoms with Crippen LogP contribution in [-0.2, 0) is 23.5 Å². The van der Waals surface area contributed by atoms with Crippen LogP contribution >= 0.6 is 0 Å². The summed E-state index contributed by atoms with van der Waals surface area (Å²) in [5.74, 6) is -0.831. The van der Waals surface area contributed by atoms with E-state index in [-0.39, 0.29) is 12.6 Å². The number of rotatable bonds is 8. The summed E-state index contributed by atoms with van der Waals surface area (Å²) in [5.41, 5.74) is -1.76. The van der Waals surface area contributed by atoms with Crippen molar-refractivity contribution in [2.45, 2.75) is 50.2 Å². The normalized spacial score (nSPS) is 19.8. The van der Waals surface area contributed by atoms with Gasteiger partial charge >= 0.3 is 12.4 Å². The number of carbonyl (C=O) groups is 1. The number of alkyl halides is 6. The van der Waals surface area contributed by atoms with Crippen molar-refractivity contribution in [3.8, 4) is 0 Å². The van der Waals surface area contributed by atoms with Crippen LogP contribution in [0.4, 0.5) is 26.3 Å². The van der Waals surface area contributed by atoms with Gasteiger partial charge < -0.3 is 19.5 Å². The quantitative estimate of drug-likeness (QED) is 0.315. The number of hydrogen-bond acceptors (Lipinski definition) is 4. The number of nitrogens with zero attached hydrogens (tertiary/aromatic N) is 3. The SMILES string of the molecule is COC1CCN(CCCN2CCN(C(=O)c3cc(C(F)(F)F)cc(C(F)(F)F)c3)[C@H](Cc3c[nH]c4ccccc34)C2)CC1. The fourth-order valence-corrected chi connectivity index (χ4v) is 6.25. The van der Waals surface area contributed by atoms with Gasteiger partial charge in [-0.05, 0) is 68.6 Å². The van der Waals surface area contributed by atoms with Gasteiger partial charge in [0.1, 0.15) is 0 Å². The summed E-state index contributed by atoms with van der Waals surface area (Å²) >= 11 is 0. The largest absolute Gasteiger partial charge is 0.416 e. The Hall–Kier alpha value is -3.09. The van der Waals surface area contributed by atoms with Crippen LogP contribution in [0, 0.1) is 0 Å². The van der Waals surface area contributed by atoms with Crippen LogP contribution in [0.15, 0.2) is 48.7 Å². The summed E-state index contributed by atoms with van der Waals surface area (Å²) in [6.45, 7) is 4.78. The number of likely N-dealkylation sites (tertiary alicyclic amines) is 1. The highest BCUT2D eigenvalue weighted by molar-refractivity contribution is 5.95. The number of benzene rings is 2. The van der Waals surface area contributed by atoms with Crippen LogP contribution in [-0.4, -0.2) is 90.7 Å². The number of para-hydroxylation sites is 1. The van der Waals surface area contributed by atoms with E-state index in [9.17, 15) is 31.1 Å². The van der Waals surface area contributed by atoms with Gasteiger partial charge in [-0.2, -0.15) is 26.3 Å². The van der Waals surface area contributed by atoms with Gasteiger partial charge in [-0.3, -0.25) is 9.69 Å². The van der Waals surface area contributed by atoms with Crippen molar-refractivity contribution in [3.63, 3.8) is 0 Å². The first-order chi connectivity index (χ1) is 20.4. The minimum atomic E-state index is -5.03. The summed E-state index contributed by atoms with van der Waals surface area (Å²) in [6, 6.07) is 8.32. The minimum absolute atomic E-state index is 0.0515. The Bertz CT molecular complexity index is 1360. The fourth-order valence-electron chi connectivity index (χ4n) is 6.25. The minimum Gasteiger partial charge on any atom is -0.381 e. The van der Waals surface area contributed by atoms with E-state index in [1.807, 2.05) is 30.5 Å². The summed E-state index contributed by atoms with van der Waals surface area (Å²) < 4.78 is 86.7. The van der Waals surface area contributed by atoms with Gasteiger partial charge in [-0.15, -0.1) is 0 Å². The summed E-state index contributed by atoms with van der Waals surface area (Å²) in [5, 5.41) is 0.963. The number of aromatic nitrogens is 1. The second-order valence-corrected chi connectivity index (χ2v) is 11.4. The van der Waals surface area contributed by atoms with Gasteiger partial charge in [0.15, 0.2) is 0 Å². The van der Waals surface area contributed by atoms with Gasteiger partial charge in [-0.25, -0.2) is 0 Å². The molecule has 1 N–H and O–H groups in total. The zero-order valence-corrected chi connectivity index (χ0v) is 24.0. The molecule has 2 aliphatic heterocycles. The van der Waals surface area contributed by atoms with Gasteiger partial charge in [0.2, 0.25) is 0 Å². The Morgan fingerprint density at radius 2 is 1.56 bits per heavy atom. The number of piperidine rings is 1. The Labute approximate surface area is 246 Å². The van der Waals surface area contributed by atoms with E-state index in [2.05, 4.69) is 14.8 Å². The van der Waals surface area contributed by atoms with Crippen LogP contribution in [0.3, 0.4) is 0 Å². The molecule has 0 aliphatic carbocycles. The monoisotopic (exact) mass is 610 g/mol. The molecule has 1 amide bonds. The fraction of sp³-hybridized carbons (Fsp3) is 0.516. The lowest BCUT2D eigenvalue weighted by Crippen LogP contribution is -2.56. The molecule has 234 valence electrons. The van der Waals surface area contributed by atoms with Crippen LogP contribution in [0.1, 0.15) is 46.3 Å². The number of H-pyrrole nitrogens is 1. The van der Waals surface area contributed by atoms with Crippen molar-refractivity contribution in [1.82, 2.24) is 19.7 Å². The number of fused-ring (bicyclic) bond motifs is 1. The molecule has 2 fully saturated rings. The third-order valence-corrected chi connectivity index (χ3v) is 8.61. The van der Waals surface area contributed by atoms with Crippen molar-refractivity contribution in [3.05, 3.63) is 70.9 Å². The van der Waals surface area contributed by atoms with Crippen LogP contribution in [0.5, 0.6) is 0 Å². The third kappa shape index (κ3) is 7.53. The van der Waals surface area contributed by atoms with Crippen molar-refractivity contribution in [1.29, 1.82) is 0 Å². The number of methoxy groups -OCH3 is 1. The molecule has 5 rings (SSSR count). The topological polar surface area (TPSA) is 51.8 Å². The van der Waals surface area contributed by atoms with E-state index in [1.165, 1.54) is 4.90 Å². The van der Waals surface area contributed by atoms with E-state index >= 15 is 0 Å². The number of amides is 1. The smallest absolute Gasteiger partial charge is 0.381 e. The second kappa shape index (κ2) is 12.9. The third-order valence-electron chi connectivity index (χ3n) is 8.61. The molecule has 2 aromatic carbocycles. The predicted molar refractivity (Wildman–Crippen MR) is 151 cm³/mol. The van der Waals surface area contributed by atoms with Crippen LogP contribution < -0.4 is 0 Å². The number of carbonyl (C=O) groups excluding carboxylic acids is 1. The van der Waals surface area contributed by atoms with Crippen molar-refractivity contribution in [2.75, 3.05) is 52.9 Å². The zero-order chi connectivity index (χ0) is 30.8. The average Bonchev–Trinajstić information content (AvgIpc) is 3.39. The van der Waals surface area contributed by atoms with Gasteiger partial charge in [0, 0.05) is 68.5 Å². The highest BCUT2D eigenvalue weighted by atomic mass is 19.4. The number of ether oxygens (including phenoxy) is 1. The summed E-state index contributed by atoms with van der Waals surface area (Å²) in [4.78, 5) is 23.0. The van der Waals surface area contributed by atoms with E-state index in [4.69, 9.17) is 4.74 Å². The first-order valence-corrected chi connectivity index (χ1v) is 14.6. The Balaban J connectivity index is 1.35. The molecule has 3 aromatic rings. The molecule has 0 unspecified atom stereocenters. The predicted octanol–water partition coefficient (Wildman–Crippen LogP) is 6.08. The van der Waals surface area contributed by atoms with Gasteiger partial charge in [0.05, 0.1) is 17.2 Å². The summed E-state index contributed by atoms with van der Waals surface area (Å²) in [7, 11) is 1.74. The van der Waals surface area contributed by atoms with E-state index in [1.54, 1.807) is 7.11 Å².